The first-order chi connectivity index (χ1) is 9.21. The maximum Gasteiger partial charge on any atom is 0.226 e. The molecule has 4 heteroatoms. The fourth-order valence-electron chi connectivity index (χ4n) is 5.37. The van der Waals surface area contributed by atoms with Crippen molar-refractivity contribution >= 4 is 11.7 Å². The Morgan fingerprint density at radius 2 is 1.89 bits per heavy atom. The predicted octanol–water partition coefficient (Wildman–Crippen LogP) is 2.95. The Hall–Kier alpha value is -1.32. The largest absolute Gasteiger partial charge is 0.311 e. The number of hydrogen-bond acceptors (Lipinski definition) is 2. The zero-order valence-corrected chi connectivity index (χ0v) is 11.2. The Balaban J connectivity index is 1.46. The smallest absolute Gasteiger partial charge is 0.226 e. The number of carbonyl (C=O) groups is 1. The molecule has 0 aliphatic heterocycles. The van der Waals surface area contributed by atoms with Gasteiger partial charge in [-0.15, -0.1) is 0 Å². The van der Waals surface area contributed by atoms with Crippen LogP contribution in [0, 0.1) is 23.2 Å². The van der Waals surface area contributed by atoms with Gasteiger partial charge < -0.3 is 5.32 Å². The van der Waals surface area contributed by atoms with Gasteiger partial charge in [-0.3, -0.25) is 9.89 Å². The van der Waals surface area contributed by atoms with Crippen LogP contribution < -0.4 is 5.32 Å². The van der Waals surface area contributed by atoms with Gasteiger partial charge in [-0.25, -0.2) is 0 Å². The summed E-state index contributed by atoms with van der Waals surface area (Å²) in [5, 5.41) is 9.60. The fraction of sp³-hybridized carbons (Fsp3) is 0.733. The van der Waals surface area contributed by atoms with Crippen molar-refractivity contribution in [2.45, 2.75) is 44.9 Å². The molecule has 0 radical (unpaired) electrons. The Morgan fingerprint density at radius 1 is 1.26 bits per heavy atom. The highest BCUT2D eigenvalue weighted by molar-refractivity contribution is 5.90. The third-order valence-electron chi connectivity index (χ3n) is 5.48. The summed E-state index contributed by atoms with van der Waals surface area (Å²) in [5.74, 6) is 3.60. The fourth-order valence-corrected chi connectivity index (χ4v) is 5.37. The molecule has 2 N–H and O–H groups in total. The van der Waals surface area contributed by atoms with Gasteiger partial charge in [-0.1, -0.05) is 0 Å². The molecule has 102 valence electrons. The van der Waals surface area contributed by atoms with Crippen molar-refractivity contribution in [2.75, 3.05) is 5.32 Å². The minimum Gasteiger partial charge on any atom is -0.311 e. The normalized spacial score (nSPS) is 39.5. The summed E-state index contributed by atoms with van der Waals surface area (Å²) in [6, 6.07) is 1.80. The highest BCUT2D eigenvalue weighted by Gasteiger charge is 2.51. The van der Waals surface area contributed by atoms with E-state index in [0.717, 1.165) is 23.6 Å². The lowest BCUT2D eigenvalue weighted by molar-refractivity contribution is -0.124. The number of aromatic amines is 1. The van der Waals surface area contributed by atoms with Gasteiger partial charge in [0.25, 0.3) is 0 Å². The van der Waals surface area contributed by atoms with Gasteiger partial charge in [0.2, 0.25) is 5.91 Å². The number of nitrogens with one attached hydrogen (secondary N) is 2. The van der Waals surface area contributed by atoms with Crippen molar-refractivity contribution in [1.29, 1.82) is 0 Å². The van der Waals surface area contributed by atoms with Crippen LogP contribution in [0.2, 0.25) is 0 Å². The number of aromatic nitrogens is 2. The van der Waals surface area contributed by atoms with Crippen LogP contribution in [-0.4, -0.2) is 16.1 Å². The lowest BCUT2D eigenvalue weighted by atomic mass is 9.49. The lowest BCUT2D eigenvalue weighted by Crippen LogP contribution is -2.47. The quantitative estimate of drug-likeness (QED) is 0.876. The van der Waals surface area contributed by atoms with E-state index in [-0.39, 0.29) is 5.91 Å². The van der Waals surface area contributed by atoms with Crippen LogP contribution in [0.4, 0.5) is 5.82 Å². The van der Waals surface area contributed by atoms with Gasteiger partial charge in [0.05, 0.1) is 6.20 Å². The molecule has 4 aliphatic rings. The van der Waals surface area contributed by atoms with Gasteiger partial charge >= 0.3 is 0 Å². The van der Waals surface area contributed by atoms with Gasteiger partial charge in [0.15, 0.2) is 0 Å². The zero-order chi connectivity index (χ0) is 12.9. The first-order valence-electron chi connectivity index (χ1n) is 7.50. The van der Waals surface area contributed by atoms with Gasteiger partial charge in [0, 0.05) is 12.5 Å². The first-order valence-corrected chi connectivity index (χ1v) is 7.50. The number of H-pyrrole nitrogens is 1. The Kier molecular flexibility index (Phi) is 2.47. The van der Waals surface area contributed by atoms with Crippen molar-refractivity contribution in [3.05, 3.63) is 12.3 Å². The summed E-state index contributed by atoms with van der Waals surface area (Å²) in [6.45, 7) is 0. The Morgan fingerprint density at radius 3 is 2.42 bits per heavy atom. The highest BCUT2D eigenvalue weighted by Crippen LogP contribution is 2.61. The summed E-state index contributed by atoms with van der Waals surface area (Å²) >= 11 is 0. The topological polar surface area (TPSA) is 57.8 Å². The van der Waals surface area contributed by atoms with Crippen molar-refractivity contribution in [1.82, 2.24) is 10.2 Å². The molecular weight excluding hydrogens is 238 g/mol. The molecule has 5 rings (SSSR count). The number of rotatable bonds is 3. The maximum absolute atomic E-state index is 12.2. The lowest BCUT2D eigenvalue weighted by Gasteiger charge is -2.56. The molecule has 0 unspecified atom stereocenters. The van der Waals surface area contributed by atoms with Crippen LogP contribution in [0.5, 0.6) is 0 Å². The molecule has 0 aromatic carbocycles. The molecule has 1 amide bonds. The number of nitrogens with zero attached hydrogens (tertiary/aromatic N) is 1. The van der Waals surface area contributed by atoms with Gasteiger partial charge in [0.1, 0.15) is 5.82 Å². The SMILES string of the molecule is O=C(CC12CC3CC(CC(C3)C1)C2)Nc1ccn[nH]1. The van der Waals surface area contributed by atoms with Gasteiger partial charge in [-0.05, 0) is 61.7 Å². The van der Waals surface area contributed by atoms with Crippen molar-refractivity contribution < 1.29 is 4.79 Å². The number of amides is 1. The van der Waals surface area contributed by atoms with E-state index in [0.29, 0.717) is 11.8 Å². The molecular formula is C15H21N3O. The van der Waals surface area contributed by atoms with Crippen LogP contribution in [0.3, 0.4) is 0 Å². The van der Waals surface area contributed by atoms with E-state index in [2.05, 4.69) is 15.5 Å². The molecule has 4 bridgehead atoms. The number of hydrogen-bond donors (Lipinski definition) is 2. The molecule has 0 spiro atoms. The third kappa shape index (κ3) is 2.07. The highest BCUT2D eigenvalue weighted by atomic mass is 16.1. The number of anilines is 1. The molecule has 1 heterocycles. The summed E-state index contributed by atoms with van der Waals surface area (Å²) in [5.41, 5.74) is 0.318. The molecule has 4 saturated carbocycles. The van der Waals surface area contributed by atoms with Crippen LogP contribution >= 0.6 is 0 Å². The second kappa shape index (κ2) is 4.09. The third-order valence-corrected chi connectivity index (χ3v) is 5.48. The molecule has 1 aromatic heterocycles. The van der Waals surface area contributed by atoms with Crippen LogP contribution in [-0.2, 0) is 4.79 Å². The minimum atomic E-state index is 0.159. The Labute approximate surface area is 113 Å². The summed E-state index contributed by atoms with van der Waals surface area (Å²) in [6.07, 6.45) is 10.5. The van der Waals surface area contributed by atoms with Crippen LogP contribution in [0.15, 0.2) is 12.3 Å². The maximum atomic E-state index is 12.2. The minimum absolute atomic E-state index is 0.159. The van der Waals surface area contributed by atoms with E-state index in [9.17, 15) is 4.79 Å². The standard InChI is InChI=1S/C15H21N3O/c19-14(17-13-1-2-16-18-13)9-15-6-10-3-11(7-15)5-12(4-10)8-15/h1-2,10-12H,3-9H2,(H2,16,17,18,19). The van der Waals surface area contributed by atoms with E-state index in [1.54, 1.807) is 12.3 Å². The predicted molar refractivity (Wildman–Crippen MR) is 72.4 cm³/mol. The summed E-state index contributed by atoms with van der Waals surface area (Å²) in [4.78, 5) is 12.2. The van der Waals surface area contributed by atoms with Crippen LogP contribution in [0.1, 0.15) is 44.9 Å². The molecule has 4 aliphatic carbocycles. The average molecular weight is 259 g/mol. The van der Waals surface area contributed by atoms with Gasteiger partial charge in [-0.2, -0.15) is 5.10 Å². The van der Waals surface area contributed by atoms with Crippen molar-refractivity contribution in [3.63, 3.8) is 0 Å². The molecule has 0 saturated heterocycles. The van der Waals surface area contributed by atoms with E-state index < -0.39 is 0 Å². The molecule has 4 nitrogen and oxygen atoms in total. The first kappa shape index (κ1) is 11.5. The second-order valence-electron chi connectivity index (χ2n) is 7.11. The molecule has 19 heavy (non-hydrogen) atoms. The molecule has 4 fully saturated rings. The van der Waals surface area contributed by atoms with Crippen molar-refractivity contribution in [3.8, 4) is 0 Å². The second-order valence-corrected chi connectivity index (χ2v) is 7.11. The summed E-state index contributed by atoms with van der Waals surface area (Å²) in [7, 11) is 0. The van der Waals surface area contributed by atoms with Crippen molar-refractivity contribution in [2.24, 2.45) is 23.2 Å². The molecule has 0 atom stereocenters. The monoisotopic (exact) mass is 259 g/mol. The molecule has 1 aromatic rings. The zero-order valence-electron chi connectivity index (χ0n) is 11.2. The van der Waals surface area contributed by atoms with E-state index in [4.69, 9.17) is 0 Å². The Bertz CT molecular complexity index is 444. The van der Waals surface area contributed by atoms with E-state index >= 15 is 0 Å². The summed E-state index contributed by atoms with van der Waals surface area (Å²) < 4.78 is 0. The van der Waals surface area contributed by atoms with E-state index in [1.165, 1.54) is 38.5 Å². The van der Waals surface area contributed by atoms with Crippen LogP contribution in [0.25, 0.3) is 0 Å². The van der Waals surface area contributed by atoms with E-state index in [1.807, 2.05) is 0 Å². The number of carbonyl (C=O) groups excluding carboxylic acids is 1. The average Bonchev–Trinajstić information content (AvgIpc) is 2.78.